The number of nitrogens with one attached hydrogen (secondary N) is 3. The average Bonchev–Trinajstić information content (AvgIpc) is 2.67. The van der Waals surface area contributed by atoms with E-state index in [2.05, 4.69) is 16.0 Å². The van der Waals surface area contributed by atoms with Crippen LogP contribution in [0.1, 0.15) is 23.7 Å². The molecule has 2 aliphatic rings. The van der Waals surface area contributed by atoms with Crippen LogP contribution in [-0.4, -0.2) is 61.3 Å². The van der Waals surface area contributed by atoms with Crippen LogP contribution < -0.4 is 20.7 Å². The van der Waals surface area contributed by atoms with Crippen molar-refractivity contribution in [2.45, 2.75) is 25.6 Å². The zero-order chi connectivity index (χ0) is 23.1. The minimum atomic E-state index is -5.08. The highest BCUT2D eigenvalue weighted by atomic mass is 19.4. The Balaban J connectivity index is 0.000000423. The van der Waals surface area contributed by atoms with E-state index in [9.17, 15) is 22.8 Å². The number of carbonyl (C=O) groups is 3. The van der Waals surface area contributed by atoms with Crippen LogP contribution in [0, 0.1) is 5.41 Å². The van der Waals surface area contributed by atoms with Crippen LogP contribution in [-0.2, 0) is 9.59 Å². The zero-order valence-corrected chi connectivity index (χ0v) is 16.8. The third-order valence-corrected chi connectivity index (χ3v) is 4.71. The first-order valence-electron chi connectivity index (χ1n) is 9.51. The molecule has 8 nitrogen and oxygen atoms in total. The lowest BCUT2D eigenvalue weighted by molar-refractivity contribution is -0.192. The molecule has 1 fully saturated rings. The highest BCUT2D eigenvalue weighted by molar-refractivity contribution is 5.94. The number of hydrogen-bond acceptors (Lipinski definition) is 5. The van der Waals surface area contributed by atoms with Crippen LogP contribution in [0.3, 0.4) is 0 Å². The Labute approximate surface area is 176 Å². The molecule has 0 saturated carbocycles. The number of rotatable bonds is 0. The quantitative estimate of drug-likeness (QED) is 0.452. The summed E-state index contributed by atoms with van der Waals surface area (Å²) in [5.74, 6) is -2.24. The molecule has 1 spiro atoms. The van der Waals surface area contributed by atoms with Crippen LogP contribution in [0.25, 0.3) is 0 Å². The van der Waals surface area contributed by atoms with Crippen LogP contribution in [0.15, 0.2) is 36.4 Å². The van der Waals surface area contributed by atoms with E-state index in [-0.39, 0.29) is 17.9 Å². The van der Waals surface area contributed by atoms with Crippen molar-refractivity contribution in [1.29, 1.82) is 0 Å². The van der Waals surface area contributed by atoms with Crippen molar-refractivity contribution in [3.05, 3.63) is 42.0 Å². The number of carboxylic acids is 1. The first-order chi connectivity index (χ1) is 14.5. The van der Waals surface area contributed by atoms with Gasteiger partial charge in [0.15, 0.2) is 0 Å². The highest BCUT2D eigenvalue weighted by Crippen LogP contribution is 2.28. The van der Waals surface area contributed by atoms with Crippen LogP contribution >= 0.6 is 0 Å². The van der Waals surface area contributed by atoms with Gasteiger partial charge in [-0.3, -0.25) is 9.59 Å². The highest BCUT2D eigenvalue weighted by Gasteiger charge is 2.43. The summed E-state index contributed by atoms with van der Waals surface area (Å²) in [5, 5.41) is 16.2. The number of aliphatic carboxylic acids is 1. The lowest BCUT2D eigenvalue weighted by Crippen LogP contribution is -2.62. The summed E-state index contributed by atoms with van der Waals surface area (Å²) in [5.41, 5.74) is 0.155. The molecular weight excluding hydrogens is 419 g/mol. The summed E-state index contributed by atoms with van der Waals surface area (Å²) in [7, 11) is 0. The Morgan fingerprint density at radius 3 is 2.48 bits per heavy atom. The molecule has 0 aliphatic carbocycles. The van der Waals surface area contributed by atoms with Crippen molar-refractivity contribution in [3.8, 4) is 5.75 Å². The van der Waals surface area contributed by atoms with Crippen molar-refractivity contribution in [1.82, 2.24) is 16.0 Å². The summed E-state index contributed by atoms with van der Waals surface area (Å²) in [4.78, 5) is 33.7. The fraction of sp³-hybridized carbons (Fsp3) is 0.450. The molecule has 2 aliphatic heterocycles. The van der Waals surface area contributed by atoms with Gasteiger partial charge in [0, 0.05) is 31.2 Å². The molecule has 1 atom stereocenters. The van der Waals surface area contributed by atoms with Gasteiger partial charge in [-0.2, -0.15) is 13.2 Å². The lowest BCUT2D eigenvalue weighted by atomic mass is 9.77. The maximum atomic E-state index is 12.5. The number of halogens is 3. The summed E-state index contributed by atoms with van der Waals surface area (Å²) < 4.78 is 37.4. The maximum Gasteiger partial charge on any atom is 0.490 e. The number of fused-ring (bicyclic) bond motifs is 2. The van der Waals surface area contributed by atoms with E-state index >= 15 is 0 Å². The molecule has 1 aromatic carbocycles. The molecule has 3 rings (SSSR count). The fourth-order valence-corrected chi connectivity index (χ4v) is 2.86. The largest absolute Gasteiger partial charge is 0.490 e. The first-order valence-corrected chi connectivity index (χ1v) is 9.51. The second-order valence-corrected chi connectivity index (χ2v) is 7.29. The van der Waals surface area contributed by atoms with Gasteiger partial charge in [0.25, 0.3) is 5.91 Å². The van der Waals surface area contributed by atoms with Gasteiger partial charge in [-0.15, -0.1) is 0 Å². The molecule has 4 N–H and O–H groups in total. The third kappa shape index (κ3) is 6.99. The normalized spacial score (nSPS) is 22.1. The second-order valence-electron chi connectivity index (χ2n) is 7.29. The number of allylic oxidation sites excluding steroid dienone is 1. The van der Waals surface area contributed by atoms with Gasteiger partial charge >= 0.3 is 12.1 Å². The fourth-order valence-electron chi connectivity index (χ4n) is 2.86. The van der Waals surface area contributed by atoms with Gasteiger partial charge in [0.2, 0.25) is 5.91 Å². The molecule has 2 heterocycles. The molecule has 31 heavy (non-hydrogen) atoms. The van der Waals surface area contributed by atoms with Crippen molar-refractivity contribution in [2.75, 3.05) is 26.2 Å². The Hall–Kier alpha value is -3.08. The second kappa shape index (κ2) is 10.3. The van der Waals surface area contributed by atoms with Crippen molar-refractivity contribution < 1.29 is 37.4 Å². The van der Waals surface area contributed by atoms with Crippen molar-refractivity contribution >= 4 is 17.8 Å². The number of hydrogen-bond donors (Lipinski definition) is 4. The van der Waals surface area contributed by atoms with Crippen molar-refractivity contribution in [2.24, 2.45) is 5.41 Å². The Morgan fingerprint density at radius 1 is 1.23 bits per heavy atom. The summed E-state index contributed by atoms with van der Waals surface area (Å²) in [6.07, 6.45) is -0.491. The molecule has 0 unspecified atom stereocenters. The minimum Gasteiger partial charge on any atom is -0.490 e. The molecular formula is C20H24F3N3O5. The maximum absolute atomic E-state index is 12.5. The van der Waals surface area contributed by atoms with Gasteiger partial charge < -0.3 is 25.8 Å². The molecule has 170 valence electrons. The summed E-state index contributed by atoms with van der Waals surface area (Å²) in [6.45, 7) is 4.04. The Bertz CT molecular complexity index is 838. The van der Waals surface area contributed by atoms with E-state index in [1.807, 2.05) is 25.1 Å². The van der Waals surface area contributed by atoms with Gasteiger partial charge in [-0.1, -0.05) is 18.2 Å². The van der Waals surface area contributed by atoms with Gasteiger partial charge in [0.05, 0.1) is 5.41 Å². The molecule has 0 radical (unpaired) electrons. The van der Waals surface area contributed by atoms with E-state index in [1.54, 1.807) is 18.2 Å². The summed E-state index contributed by atoms with van der Waals surface area (Å²) >= 11 is 0. The zero-order valence-electron chi connectivity index (χ0n) is 16.8. The lowest BCUT2D eigenvalue weighted by Gasteiger charge is -2.40. The van der Waals surface area contributed by atoms with E-state index < -0.39 is 17.6 Å². The SMILES string of the molecule is C[C@@H]1CNC(=O)C2(C/C=C/COc3cccc(c3)C(=O)N1)CNC2.O=C(O)C(F)(F)F. The Morgan fingerprint density at radius 2 is 1.90 bits per heavy atom. The topological polar surface area (TPSA) is 117 Å². The number of alkyl halides is 3. The Kier molecular flexibility index (Phi) is 8.03. The van der Waals surface area contributed by atoms with E-state index in [0.717, 1.165) is 0 Å². The predicted molar refractivity (Wildman–Crippen MR) is 105 cm³/mol. The molecule has 1 saturated heterocycles. The molecule has 2 bridgehead atoms. The smallest absolute Gasteiger partial charge is 0.490 e. The molecule has 0 aromatic heterocycles. The number of ether oxygens (including phenoxy) is 1. The van der Waals surface area contributed by atoms with Crippen LogP contribution in [0.4, 0.5) is 13.2 Å². The van der Waals surface area contributed by atoms with Crippen LogP contribution in [0.2, 0.25) is 0 Å². The number of amides is 2. The van der Waals surface area contributed by atoms with Gasteiger partial charge in [0.1, 0.15) is 12.4 Å². The standard InChI is InChI=1S/C18H23N3O3.C2HF3O2/c1-13-10-20-17(23)18(11-19-12-18)7-2-3-8-24-15-6-4-5-14(9-15)16(22)21-13;3-2(4,5)1(6)7/h2-6,9,13,19H,7-8,10-12H2,1H3,(H,20,23)(H,21,22);(H,6,7)/b3-2+;/t13-;/m1./s1. The van der Waals surface area contributed by atoms with Gasteiger partial charge in [-0.05, 0) is 31.5 Å². The van der Waals surface area contributed by atoms with E-state index in [0.29, 0.717) is 44.0 Å². The average molecular weight is 443 g/mol. The first kappa shape index (κ1) is 24.2. The molecule has 2 amide bonds. The van der Waals surface area contributed by atoms with E-state index in [1.165, 1.54) is 0 Å². The van der Waals surface area contributed by atoms with Gasteiger partial charge in [-0.25, -0.2) is 4.79 Å². The minimum absolute atomic E-state index is 0.0309. The van der Waals surface area contributed by atoms with E-state index in [4.69, 9.17) is 14.6 Å². The number of carbonyl (C=O) groups excluding carboxylic acids is 2. The molecule has 11 heteroatoms. The number of benzene rings is 1. The number of carboxylic acid groups (broad SMARTS) is 1. The van der Waals surface area contributed by atoms with Crippen molar-refractivity contribution in [3.63, 3.8) is 0 Å². The van der Waals surface area contributed by atoms with Crippen LogP contribution in [0.5, 0.6) is 5.75 Å². The third-order valence-electron chi connectivity index (χ3n) is 4.71. The summed E-state index contributed by atoms with van der Waals surface area (Å²) in [6, 6.07) is 6.95. The molecule has 1 aromatic rings. The predicted octanol–water partition coefficient (Wildman–Crippen LogP) is 1.48. The monoisotopic (exact) mass is 443 g/mol.